The van der Waals surface area contributed by atoms with Crippen molar-refractivity contribution in [3.8, 4) is 11.5 Å². The summed E-state index contributed by atoms with van der Waals surface area (Å²) in [4.78, 5) is 11.5. The smallest absolute Gasteiger partial charge is 0.220 e. The van der Waals surface area contributed by atoms with E-state index < -0.39 is 5.78 Å². The highest BCUT2D eigenvalue weighted by Gasteiger charge is 2.28. The number of ketones is 1. The van der Waals surface area contributed by atoms with Gasteiger partial charge in [-0.2, -0.15) is 0 Å². The number of aromatic hydroxyl groups is 2. The zero-order valence-electron chi connectivity index (χ0n) is 9.56. The number of phenolic OH excluding ortho intramolecular Hbond substituents is 2. The van der Waals surface area contributed by atoms with E-state index in [1.807, 2.05) is 6.92 Å². The molecule has 3 rings (SSSR count). The molecule has 0 fully saturated rings. The van der Waals surface area contributed by atoms with E-state index in [9.17, 15) is 20.1 Å². The van der Waals surface area contributed by atoms with Gasteiger partial charge in [-0.05, 0) is 59.1 Å². The number of aliphatic hydroxyl groups is 1. The van der Waals surface area contributed by atoms with E-state index in [0.717, 1.165) is 16.7 Å². The van der Waals surface area contributed by atoms with Crippen LogP contribution in [0.1, 0.15) is 18.1 Å². The van der Waals surface area contributed by atoms with Crippen molar-refractivity contribution in [1.29, 1.82) is 0 Å². The Labute approximate surface area is 103 Å². The molecule has 0 heterocycles. The lowest BCUT2D eigenvalue weighted by Gasteiger charge is -2.09. The molecule has 4 nitrogen and oxygen atoms in total. The van der Waals surface area contributed by atoms with Gasteiger partial charge in [-0.25, -0.2) is 0 Å². The molecule has 2 aliphatic carbocycles. The van der Waals surface area contributed by atoms with Crippen LogP contribution in [0, 0.1) is 0 Å². The average molecular weight is 242 g/mol. The SMILES string of the molecule is CC1=C2C=C(O)C(=O)C=C2c2cc(O)c(O)cc21. The summed E-state index contributed by atoms with van der Waals surface area (Å²) < 4.78 is 0. The number of hydrogen-bond donors (Lipinski definition) is 3. The van der Waals surface area contributed by atoms with Crippen LogP contribution < -0.4 is 0 Å². The van der Waals surface area contributed by atoms with Crippen molar-refractivity contribution in [3.05, 3.63) is 46.7 Å². The van der Waals surface area contributed by atoms with Crippen molar-refractivity contribution < 1.29 is 20.1 Å². The number of allylic oxidation sites excluding steroid dienone is 5. The van der Waals surface area contributed by atoms with Gasteiger partial charge >= 0.3 is 0 Å². The first-order chi connectivity index (χ1) is 8.49. The van der Waals surface area contributed by atoms with Gasteiger partial charge in [0.05, 0.1) is 0 Å². The van der Waals surface area contributed by atoms with E-state index in [1.165, 1.54) is 24.3 Å². The monoisotopic (exact) mass is 242 g/mol. The maximum absolute atomic E-state index is 11.5. The summed E-state index contributed by atoms with van der Waals surface area (Å²) in [7, 11) is 0. The van der Waals surface area contributed by atoms with Gasteiger partial charge in [-0.3, -0.25) is 4.79 Å². The first kappa shape index (κ1) is 10.7. The fourth-order valence-electron chi connectivity index (χ4n) is 2.36. The average Bonchev–Trinajstić information content (AvgIpc) is 2.56. The van der Waals surface area contributed by atoms with E-state index in [0.29, 0.717) is 11.1 Å². The quantitative estimate of drug-likeness (QED) is 0.610. The molecule has 18 heavy (non-hydrogen) atoms. The van der Waals surface area contributed by atoms with Crippen LogP contribution in [0.25, 0.3) is 11.1 Å². The first-order valence-electron chi connectivity index (χ1n) is 5.43. The highest BCUT2D eigenvalue weighted by Crippen LogP contribution is 2.47. The number of hydrogen-bond acceptors (Lipinski definition) is 4. The summed E-state index contributed by atoms with van der Waals surface area (Å²) in [5.41, 5.74) is 3.71. The number of fused-ring (bicyclic) bond motifs is 3. The normalized spacial score (nSPS) is 17.3. The Balaban J connectivity index is 2.32. The Morgan fingerprint density at radius 1 is 0.944 bits per heavy atom. The van der Waals surface area contributed by atoms with Gasteiger partial charge in [0.15, 0.2) is 17.3 Å². The molecule has 0 amide bonds. The summed E-state index contributed by atoms with van der Waals surface area (Å²) in [5.74, 6) is -1.18. The summed E-state index contributed by atoms with van der Waals surface area (Å²) in [6.07, 6.45) is 2.76. The predicted octanol–water partition coefficient (Wildman–Crippen LogP) is 2.29. The molecule has 0 saturated heterocycles. The molecule has 0 aromatic heterocycles. The van der Waals surface area contributed by atoms with Gasteiger partial charge in [0.2, 0.25) is 5.78 Å². The number of benzene rings is 1. The minimum Gasteiger partial charge on any atom is -0.504 e. The van der Waals surface area contributed by atoms with Crippen molar-refractivity contribution in [1.82, 2.24) is 0 Å². The van der Waals surface area contributed by atoms with Gasteiger partial charge in [0.25, 0.3) is 0 Å². The molecule has 1 aromatic carbocycles. The van der Waals surface area contributed by atoms with E-state index in [4.69, 9.17) is 0 Å². The second kappa shape index (κ2) is 3.26. The molecule has 0 radical (unpaired) electrons. The zero-order chi connectivity index (χ0) is 13.0. The second-order valence-electron chi connectivity index (χ2n) is 4.38. The van der Waals surface area contributed by atoms with Crippen LogP contribution >= 0.6 is 0 Å². The molecule has 0 saturated carbocycles. The topological polar surface area (TPSA) is 77.8 Å². The maximum Gasteiger partial charge on any atom is 0.220 e. The molecule has 0 unspecified atom stereocenters. The Morgan fingerprint density at radius 2 is 1.56 bits per heavy atom. The molecule has 4 heteroatoms. The minimum atomic E-state index is -0.457. The van der Waals surface area contributed by atoms with Crippen molar-refractivity contribution in [2.75, 3.05) is 0 Å². The van der Waals surface area contributed by atoms with Gasteiger partial charge < -0.3 is 15.3 Å². The van der Waals surface area contributed by atoms with Crippen LogP contribution in [0.5, 0.6) is 11.5 Å². The summed E-state index contributed by atoms with van der Waals surface area (Å²) >= 11 is 0. The van der Waals surface area contributed by atoms with Gasteiger partial charge in [0, 0.05) is 0 Å². The molecule has 0 aliphatic heterocycles. The lowest BCUT2D eigenvalue weighted by atomic mass is 9.96. The van der Waals surface area contributed by atoms with Gasteiger partial charge in [-0.1, -0.05) is 0 Å². The number of rotatable bonds is 0. The highest BCUT2D eigenvalue weighted by atomic mass is 16.3. The van der Waals surface area contributed by atoms with Crippen molar-refractivity contribution in [2.45, 2.75) is 6.92 Å². The van der Waals surface area contributed by atoms with Crippen LogP contribution in [0.2, 0.25) is 0 Å². The van der Waals surface area contributed by atoms with Crippen LogP contribution in [0.3, 0.4) is 0 Å². The Bertz CT molecular complexity index is 690. The molecule has 2 aliphatic rings. The third-order valence-electron chi connectivity index (χ3n) is 3.31. The summed E-state index contributed by atoms with van der Waals surface area (Å²) in [6.45, 7) is 1.84. The molecule has 0 atom stereocenters. The van der Waals surface area contributed by atoms with E-state index in [1.54, 1.807) is 0 Å². The van der Waals surface area contributed by atoms with E-state index in [2.05, 4.69) is 0 Å². The van der Waals surface area contributed by atoms with E-state index >= 15 is 0 Å². The molecule has 1 aromatic rings. The molecule has 0 bridgehead atoms. The van der Waals surface area contributed by atoms with Crippen molar-refractivity contribution in [2.24, 2.45) is 0 Å². The zero-order valence-corrected chi connectivity index (χ0v) is 9.56. The van der Waals surface area contributed by atoms with Gasteiger partial charge in [-0.15, -0.1) is 0 Å². The highest BCUT2D eigenvalue weighted by molar-refractivity contribution is 6.17. The predicted molar refractivity (Wildman–Crippen MR) is 66.1 cm³/mol. The fraction of sp³-hybridized carbons (Fsp3) is 0.0714. The first-order valence-corrected chi connectivity index (χ1v) is 5.43. The number of carbonyl (C=O) groups is 1. The standard InChI is InChI=1S/C14H10O4/c1-6-7-2-11(15)13(17)4-9(7)10-5-14(18)12(16)3-8(6)10/h2-5,15-17H,1H3. The van der Waals surface area contributed by atoms with Crippen LogP contribution in [0.4, 0.5) is 0 Å². The molecular formula is C14H10O4. The molecule has 0 spiro atoms. The van der Waals surface area contributed by atoms with E-state index in [-0.39, 0.29) is 17.3 Å². The number of aliphatic hydroxyl groups excluding tert-OH is 1. The Morgan fingerprint density at radius 3 is 2.22 bits per heavy atom. The Hall–Kier alpha value is -2.49. The largest absolute Gasteiger partial charge is 0.504 e. The maximum atomic E-state index is 11.5. The lowest BCUT2D eigenvalue weighted by Crippen LogP contribution is -2.04. The lowest BCUT2D eigenvalue weighted by molar-refractivity contribution is -0.113. The van der Waals surface area contributed by atoms with Crippen LogP contribution in [0.15, 0.2) is 35.6 Å². The summed E-state index contributed by atoms with van der Waals surface area (Å²) in [6, 6.07) is 2.89. The minimum absolute atomic E-state index is 0.201. The number of carbonyl (C=O) groups excluding carboxylic acids is 1. The fourth-order valence-corrected chi connectivity index (χ4v) is 2.36. The number of phenols is 2. The summed E-state index contributed by atoms with van der Waals surface area (Å²) in [5, 5.41) is 28.5. The Kier molecular flexibility index (Phi) is 1.93. The molecular weight excluding hydrogens is 232 g/mol. The van der Waals surface area contributed by atoms with Crippen LogP contribution in [-0.4, -0.2) is 21.1 Å². The third-order valence-corrected chi connectivity index (χ3v) is 3.31. The molecule has 90 valence electrons. The second-order valence-corrected chi connectivity index (χ2v) is 4.38. The van der Waals surface area contributed by atoms with Gasteiger partial charge in [0.1, 0.15) is 0 Å². The van der Waals surface area contributed by atoms with Crippen molar-refractivity contribution in [3.63, 3.8) is 0 Å². The van der Waals surface area contributed by atoms with Crippen LogP contribution in [-0.2, 0) is 4.79 Å². The van der Waals surface area contributed by atoms with Crippen molar-refractivity contribution >= 4 is 16.9 Å². The third kappa shape index (κ3) is 1.23. The molecule has 3 N–H and O–H groups in total.